The van der Waals surface area contributed by atoms with Crippen LogP contribution in [0.4, 0.5) is 0 Å². The van der Waals surface area contributed by atoms with Crippen LogP contribution in [0.25, 0.3) is 0 Å². The number of hydrogen-bond acceptors (Lipinski definition) is 4. The summed E-state index contributed by atoms with van der Waals surface area (Å²) in [5.41, 5.74) is 0.940. The van der Waals surface area contributed by atoms with Crippen LogP contribution < -0.4 is 5.32 Å². The second kappa shape index (κ2) is 5.44. The molecule has 0 saturated heterocycles. The first-order valence-electron chi connectivity index (χ1n) is 5.83. The normalized spacial score (nSPS) is 16.2. The van der Waals surface area contributed by atoms with E-state index in [1.165, 1.54) is 0 Å². The van der Waals surface area contributed by atoms with Gasteiger partial charge in [-0.25, -0.2) is 0 Å². The lowest BCUT2D eigenvalue weighted by Gasteiger charge is -1.91. The van der Waals surface area contributed by atoms with Crippen molar-refractivity contribution in [2.75, 3.05) is 13.2 Å². The Kier molecular flexibility index (Phi) is 3.72. The van der Waals surface area contributed by atoms with Crippen molar-refractivity contribution in [1.82, 2.24) is 5.32 Å². The lowest BCUT2D eigenvalue weighted by molar-refractivity contribution is 0.0879. The van der Waals surface area contributed by atoms with Gasteiger partial charge in [0.1, 0.15) is 6.61 Å². The second-order valence-electron chi connectivity index (χ2n) is 3.81. The standard InChI is InChI=1S/C8H5NO2.C5H9NO/c10-7-5-3-1-2-4-6(5)8(11)9-7;1-2-5-6-3-4-7-5/h1-4H,(H,9,10,11);2-4H2,1H3. The fourth-order valence-corrected chi connectivity index (χ4v) is 1.71. The van der Waals surface area contributed by atoms with Gasteiger partial charge in [0.2, 0.25) is 0 Å². The molecule has 2 aliphatic heterocycles. The highest BCUT2D eigenvalue weighted by Crippen LogP contribution is 2.13. The number of carbonyl (C=O) groups excluding carboxylic acids is 2. The van der Waals surface area contributed by atoms with Crippen LogP contribution in [-0.4, -0.2) is 30.9 Å². The fourth-order valence-electron chi connectivity index (χ4n) is 1.71. The van der Waals surface area contributed by atoms with Crippen LogP contribution >= 0.6 is 0 Å². The van der Waals surface area contributed by atoms with E-state index in [9.17, 15) is 9.59 Å². The third kappa shape index (κ3) is 2.56. The van der Waals surface area contributed by atoms with Gasteiger partial charge < -0.3 is 4.74 Å². The molecule has 0 radical (unpaired) electrons. The summed E-state index contributed by atoms with van der Waals surface area (Å²) in [6, 6.07) is 6.74. The lowest BCUT2D eigenvalue weighted by atomic mass is 10.1. The van der Waals surface area contributed by atoms with E-state index in [4.69, 9.17) is 4.74 Å². The molecular formula is C13H14N2O3. The second-order valence-corrected chi connectivity index (χ2v) is 3.81. The van der Waals surface area contributed by atoms with Gasteiger partial charge in [-0.3, -0.25) is 19.9 Å². The number of benzene rings is 1. The zero-order valence-electron chi connectivity index (χ0n) is 10.1. The molecule has 0 atom stereocenters. The number of amides is 2. The predicted octanol–water partition coefficient (Wildman–Crippen LogP) is 1.40. The van der Waals surface area contributed by atoms with E-state index in [1.807, 2.05) is 6.92 Å². The molecule has 94 valence electrons. The van der Waals surface area contributed by atoms with Gasteiger partial charge in [0.15, 0.2) is 5.90 Å². The largest absolute Gasteiger partial charge is 0.479 e. The number of nitrogens with zero attached hydrogens (tertiary/aromatic N) is 1. The number of carbonyl (C=O) groups is 2. The first kappa shape index (κ1) is 12.3. The molecule has 5 nitrogen and oxygen atoms in total. The van der Waals surface area contributed by atoms with Gasteiger partial charge >= 0.3 is 0 Å². The van der Waals surface area contributed by atoms with Crippen LogP contribution in [0.3, 0.4) is 0 Å². The molecule has 0 fully saturated rings. The third-order valence-corrected chi connectivity index (χ3v) is 2.59. The Morgan fingerprint density at radius 2 is 1.83 bits per heavy atom. The molecule has 0 saturated carbocycles. The number of rotatable bonds is 1. The van der Waals surface area contributed by atoms with Crippen molar-refractivity contribution < 1.29 is 14.3 Å². The van der Waals surface area contributed by atoms with Crippen LogP contribution in [0.1, 0.15) is 34.1 Å². The predicted molar refractivity (Wildman–Crippen MR) is 66.8 cm³/mol. The zero-order valence-corrected chi connectivity index (χ0v) is 10.1. The van der Waals surface area contributed by atoms with Crippen molar-refractivity contribution in [2.24, 2.45) is 4.99 Å². The third-order valence-electron chi connectivity index (χ3n) is 2.59. The summed E-state index contributed by atoms with van der Waals surface area (Å²) in [5.74, 6) is 0.316. The minimum Gasteiger partial charge on any atom is -0.479 e. The van der Waals surface area contributed by atoms with Crippen molar-refractivity contribution in [3.8, 4) is 0 Å². The maximum absolute atomic E-state index is 10.9. The van der Waals surface area contributed by atoms with Gasteiger partial charge in [-0.15, -0.1) is 0 Å². The monoisotopic (exact) mass is 246 g/mol. The van der Waals surface area contributed by atoms with Crippen LogP contribution in [0, 0.1) is 0 Å². The summed E-state index contributed by atoms with van der Waals surface area (Å²) >= 11 is 0. The topological polar surface area (TPSA) is 67.8 Å². The Morgan fingerprint density at radius 3 is 2.22 bits per heavy atom. The molecule has 0 aliphatic carbocycles. The molecule has 2 heterocycles. The Balaban J connectivity index is 0.000000149. The summed E-state index contributed by atoms with van der Waals surface area (Å²) in [4.78, 5) is 25.9. The van der Waals surface area contributed by atoms with Gasteiger partial charge in [-0.1, -0.05) is 19.1 Å². The van der Waals surface area contributed by atoms with E-state index in [1.54, 1.807) is 24.3 Å². The van der Waals surface area contributed by atoms with Gasteiger partial charge in [-0.2, -0.15) is 0 Å². The van der Waals surface area contributed by atoms with Crippen molar-refractivity contribution in [1.29, 1.82) is 0 Å². The number of ether oxygens (including phenoxy) is 1. The Hall–Kier alpha value is -2.17. The van der Waals surface area contributed by atoms with E-state index < -0.39 is 0 Å². The van der Waals surface area contributed by atoms with E-state index in [0.29, 0.717) is 11.1 Å². The summed E-state index contributed by atoms with van der Waals surface area (Å²) in [5, 5.41) is 2.20. The molecule has 1 N–H and O–H groups in total. The molecule has 2 aliphatic rings. The van der Waals surface area contributed by atoms with Crippen molar-refractivity contribution >= 4 is 17.7 Å². The molecule has 0 bridgehead atoms. The molecule has 1 aromatic carbocycles. The molecule has 18 heavy (non-hydrogen) atoms. The Morgan fingerprint density at radius 1 is 1.22 bits per heavy atom. The van der Waals surface area contributed by atoms with Gasteiger partial charge in [-0.05, 0) is 12.1 Å². The SMILES string of the molecule is CCC1=NCCO1.O=C1NC(=O)c2ccccc21. The number of fused-ring (bicyclic) bond motifs is 1. The number of nitrogens with one attached hydrogen (secondary N) is 1. The van der Waals surface area contributed by atoms with Gasteiger partial charge in [0, 0.05) is 6.42 Å². The highest BCUT2D eigenvalue weighted by molar-refractivity contribution is 6.21. The quantitative estimate of drug-likeness (QED) is 0.761. The number of imide groups is 1. The van der Waals surface area contributed by atoms with Crippen LogP contribution in [0.5, 0.6) is 0 Å². The van der Waals surface area contributed by atoms with Crippen molar-refractivity contribution in [2.45, 2.75) is 13.3 Å². The van der Waals surface area contributed by atoms with Gasteiger partial charge in [0.05, 0.1) is 17.7 Å². The van der Waals surface area contributed by atoms with E-state index in [2.05, 4.69) is 10.3 Å². The molecule has 0 unspecified atom stereocenters. The summed E-state index contributed by atoms with van der Waals surface area (Å²) in [6.45, 7) is 3.70. The highest BCUT2D eigenvalue weighted by atomic mass is 16.5. The average Bonchev–Trinajstić information content (AvgIpc) is 3.00. The first-order chi connectivity index (χ1) is 8.72. The van der Waals surface area contributed by atoms with Crippen LogP contribution in [0.2, 0.25) is 0 Å². The molecule has 0 aromatic heterocycles. The Labute approximate surface area is 105 Å². The van der Waals surface area contributed by atoms with Crippen molar-refractivity contribution in [3.63, 3.8) is 0 Å². The lowest BCUT2D eigenvalue weighted by Crippen LogP contribution is -2.19. The summed E-state index contributed by atoms with van der Waals surface area (Å²) in [7, 11) is 0. The van der Waals surface area contributed by atoms with E-state index in [0.717, 1.165) is 25.5 Å². The van der Waals surface area contributed by atoms with E-state index >= 15 is 0 Å². The average molecular weight is 246 g/mol. The molecular weight excluding hydrogens is 232 g/mol. The molecule has 5 heteroatoms. The summed E-state index contributed by atoms with van der Waals surface area (Å²) < 4.78 is 5.05. The summed E-state index contributed by atoms with van der Waals surface area (Å²) in [6.07, 6.45) is 0.944. The smallest absolute Gasteiger partial charge is 0.258 e. The van der Waals surface area contributed by atoms with E-state index in [-0.39, 0.29) is 11.8 Å². The molecule has 1 aromatic rings. The van der Waals surface area contributed by atoms with Crippen LogP contribution in [0.15, 0.2) is 29.3 Å². The van der Waals surface area contributed by atoms with Crippen molar-refractivity contribution in [3.05, 3.63) is 35.4 Å². The fraction of sp³-hybridized carbons (Fsp3) is 0.308. The van der Waals surface area contributed by atoms with Crippen LogP contribution in [-0.2, 0) is 4.74 Å². The first-order valence-corrected chi connectivity index (χ1v) is 5.83. The Bertz CT molecular complexity index is 476. The minimum atomic E-state index is -0.300. The molecule has 0 spiro atoms. The maximum atomic E-state index is 10.9. The minimum absolute atomic E-state index is 0.300. The maximum Gasteiger partial charge on any atom is 0.258 e. The van der Waals surface area contributed by atoms with Gasteiger partial charge in [0.25, 0.3) is 11.8 Å². The molecule has 3 rings (SSSR count). The number of hydrogen-bond donors (Lipinski definition) is 1. The number of aliphatic imine (C=N–C) groups is 1. The zero-order chi connectivity index (χ0) is 13.0. The highest BCUT2D eigenvalue weighted by Gasteiger charge is 2.25. The molecule has 2 amide bonds.